The van der Waals surface area contributed by atoms with Crippen LogP contribution in [0.5, 0.6) is 0 Å². The number of hydrogen-bond acceptors (Lipinski definition) is 2. The summed E-state index contributed by atoms with van der Waals surface area (Å²) < 4.78 is 0. The van der Waals surface area contributed by atoms with Crippen molar-refractivity contribution in [1.29, 1.82) is 0 Å². The highest BCUT2D eigenvalue weighted by Gasteiger charge is 2.32. The zero-order chi connectivity index (χ0) is 17.8. The molecule has 0 aromatic heterocycles. The molecule has 0 aliphatic carbocycles. The summed E-state index contributed by atoms with van der Waals surface area (Å²) in [5, 5.41) is 2.94. The van der Waals surface area contributed by atoms with Gasteiger partial charge in [0.1, 0.15) is 6.04 Å². The Morgan fingerprint density at radius 3 is 2.44 bits per heavy atom. The Morgan fingerprint density at radius 1 is 1.04 bits per heavy atom. The van der Waals surface area contributed by atoms with Crippen LogP contribution < -0.4 is 10.2 Å². The fourth-order valence-electron chi connectivity index (χ4n) is 3.25. The number of amides is 2. The summed E-state index contributed by atoms with van der Waals surface area (Å²) in [6.45, 7) is 4.61. The Morgan fingerprint density at radius 2 is 1.72 bits per heavy atom. The molecule has 0 saturated carbocycles. The molecule has 1 atom stereocenters. The van der Waals surface area contributed by atoms with E-state index in [0.29, 0.717) is 6.54 Å². The van der Waals surface area contributed by atoms with Crippen LogP contribution in [0.1, 0.15) is 25.0 Å². The van der Waals surface area contributed by atoms with Gasteiger partial charge in [0.15, 0.2) is 0 Å². The molecular formula is C21H24N2O2. The van der Waals surface area contributed by atoms with Crippen LogP contribution in [-0.2, 0) is 22.4 Å². The van der Waals surface area contributed by atoms with E-state index in [1.54, 1.807) is 0 Å². The van der Waals surface area contributed by atoms with Gasteiger partial charge in [-0.1, -0.05) is 62.4 Å². The summed E-state index contributed by atoms with van der Waals surface area (Å²) in [6.07, 6.45) is 1.15. The number of hydrogen-bond donors (Lipinski definition) is 1. The monoisotopic (exact) mass is 336 g/mol. The minimum atomic E-state index is -0.512. The van der Waals surface area contributed by atoms with Gasteiger partial charge in [-0.2, -0.15) is 0 Å². The molecule has 4 nitrogen and oxygen atoms in total. The first-order valence-electron chi connectivity index (χ1n) is 8.79. The summed E-state index contributed by atoms with van der Waals surface area (Å²) in [4.78, 5) is 27.3. The van der Waals surface area contributed by atoms with Crippen molar-refractivity contribution in [3.05, 3.63) is 65.7 Å². The largest absolute Gasteiger partial charge is 0.344 e. The highest BCUT2D eigenvalue weighted by molar-refractivity contribution is 6.01. The molecule has 0 saturated heterocycles. The van der Waals surface area contributed by atoms with Crippen LogP contribution in [0.25, 0.3) is 0 Å². The van der Waals surface area contributed by atoms with E-state index in [4.69, 9.17) is 0 Å². The van der Waals surface area contributed by atoms with Crippen LogP contribution in [0.4, 0.5) is 5.69 Å². The predicted octanol–water partition coefficient (Wildman–Crippen LogP) is 2.96. The number of nitrogens with zero attached hydrogens (tertiary/aromatic N) is 1. The number of carbonyl (C=O) groups excluding carboxylic acids is 2. The smallest absolute Gasteiger partial charge is 0.249 e. The number of para-hydroxylation sites is 1. The third-order valence-electron chi connectivity index (χ3n) is 4.61. The summed E-state index contributed by atoms with van der Waals surface area (Å²) in [5.41, 5.74) is 3.10. The van der Waals surface area contributed by atoms with Gasteiger partial charge in [0, 0.05) is 12.2 Å². The average Bonchev–Trinajstić information content (AvgIpc) is 3.04. The second-order valence-electron chi connectivity index (χ2n) is 6.82. The minimum absolute atomic E-state index is 0.0265. The Kier molecular flexibility index (Phi) is 5.17. The molecule has 0 radical (unpaired) electrons. The van der Waals surface area contributed by atoms with Gasteiger partial charge in [-0.05, 0) is 29.5 Å². The highest BCUT2D eigenvalue weighted by atomic mass is 16.2. The van der Waals surface area contributed by atoms with Gasteiger partial charge >= 0.3 is 0 Å². The quantitative estimate of drug-likeness (QED) is 0.912. The maximum Gasteiger partial charge on any atom is 0.249 e. The van der Waals surface area contributed by atoms with Crippen LogP contribution in [0.2, 0.25) is 0 Å². The van der Waals surface area contributed by atoms with E-state index < -0.39 is 6.04 Å². The van der Waals surface area contributed by atoms with Crippen LogP contribution in [0.15, 0.2) is 54.6 Å². The second kappa shape index (κ2) is 7.51. The molecule has 2 aromatic carbocycles. The maximum atomic E-state index is 13.0. The van der Waals surface area contributed by atoms with Crippen LogP contribution in [0, 0.1) is 5.92 Å². The molecule has 130 valence electrons. The molecule has 1 aliphatic rings. The Labute approximate surface area is 148 Å². The Balaban J connectivity index is 1.71. The van der Waals surface area contributed by atoms with Crippen molar-refractivity contribution in [3.8, 4) is 0 Å². The van der Waals surface area contributed by atoms with Gasteiger partial charge in [-0.25, -0.2) is 0 Å². The van der Waals surface area contributed by atoms with Crippen molar-refractivity contribution in [3.63, 3.8) is 0 Å². The maximum absolute atomic E-state index is 13.0. The van der Waals surface area contributed by atoms with Crippen molar-refractivity contribution >= 4 is 17.5 Å². The molecule has 0 fully saturated rings. The van der Waals surface area contributed by atoms with Crippen LogP contribution in [-0.4, -0.2) is 24.4 Å². The van der Waals surface area contributed by atoms with Gasteiger partial charge < -0.3 is 10.2 Å². The molecule has 1 heterocycles. The van der Waals surface area contributed by atoms with Crippen molar-refractivity contribution < 1.29 is 9.59 Å². The molecule has 2 aromatic rings. The van der Waals surface area contributed by atoms with Crippen LogP contribution >= 0.6 is 0 Å². The summed E-state index contributed by atoms with van der Waals surface area (Å²) in [5.74, 6) is -0.118. The molecule has 1 unspecified atom stereocenters. The Hall–Kier alpha value is -2.62. The summed E-state index contributed by atoms with van der Waals surface area (Å²) in [7, 11) is 0. The SMILES string of the molecule is CC(C)C(NC(=O)Cc1ccccc1)C(=O)N1CCc2ccccc21. The van der Waals surface area contributed by atoms with Gasteiger partial charge in [-0.15, -0.1) is 0 Å². The molecule has 3 rings (SSSR count). The lowest BCUT2D eigenvalue weighted by Gasteiger charge is -2.27. The van der Waals surface area contributed by atoms with Crippen molar-refractivity contribution in [2.24, 2.45) is 5.92 Å². The number of fused-ring (bicyclic) bond motifs is 1. The lowest BCUT2D eigenvalue weighted by atomic mass is 10.0. The Bertz CT molecular complexity index is 756. The molecule has 1 aliphatic heterocycles. The van der Waals surface area contributed by atoms with Crippen LogP contribution in [0.3, 0.4) is 0 Å². The molecule has 0 spiro atoms. The van der Waals surface area contributed by atoms with E-state index in [-0.39, 0.29) is 24.2 Å². The number of rotatable bonds is 5. The third kappa shape index (κ3) is 3.90. The lowest BCUT2D eigenvalue weighted by molar-refractivity contribution is -0.128. The van der Waals surface area contributed by atoms with Crippen molar-refractivity contribution in [2.45, 2.75) is 32.7 Å². The molecule has 2 amide bonds. The first-order valence-corrected chi connectivity index (χ1v) is 8.79. The molecular weight excluding hydrogens is 312 g/mol. The zero-order valence-electron chi connectivity index (χ0n) is 14.7. The van der Waals surface area contributed by atoms with Gasteiger partial charge in [-0.3, -0.25) is 9.59 Å². The molecule has 0 bridgehead atoms. The first kappa shape index (κ1) is 17.2. The number of anilines is 1. The minimum Gasteiger partial charge on any atom is -0.344 e. The number of benzene rings is 2. The predicted molar refractivity (Wildman–Crippen MR) is 99.4 cm³/mol. The van der Waals surface area contributed by atoms with Crippen molar-refractivity contribution in [2.75, 3.05) is 11.4 Å². The fraction of sp³-hybridized carbons (Fsp3) is 0.333. The van der Waals surface area contributed by atoms with E-state index in [2.05, 4.69) is 11.4 Å². The summed E-state index contributed by atoms with van der Waals surface area (Å²) in [6, 6.07) is 17.0. The van der Waals surface area contributed by atoms with Gasteiger partial charge in [0.05, 0.1) is 6.42 Å². The highest BCUT2D eigenvalue weighted by Crippen LogP contribution is 2.28. The van der Waals surface area contributed by atoms with E-state index in [9.17, 15) is 9.59 Å². The number of nitrogens with one attached hydrogen (secondary N) is 1. The topological polar surface area (TPSA) is 49.4 Å². The summed E-state index contributed by atoms with van der Waals surface area (Å²) >= 11 is 0. The van der Waals surface area contributed by atoms with Gasteiger partial charge in [0.2, 0.25) is 11.8 Å². The van der Waals surface area contributed by atoms with Crippen molar-refractivity contribution in [1.82, 2.24) is 5.32 Å². The first-order chi connectivity index (χ1) is 12.1. The molecule has 4 heteroatoms. The molecule has 1 N–H and O–H groups in total. The zero-order valence-corrected chi connectivity index (χ0v) is 14.7. The third-order valence-corrected chi connectivity index (χ3v) is 4.61. The van der Waals surface area contributed by atoms with E-state index >= 15 is 0 Å². The average molecular weight is 336 g/mol. The van der Waals surface area contributed by atoms with Gasteiger partial charge in [0.25, 0.3) is 0 Å². The second-order valence-corrected chi connectivity index (χ2v) is 6.82. The van der Waals surface area contributed by atoms with E-state index in [1.165, 1.54) is 5.56 Å². The van der Waals surface area contributed by atoms with E-state index in [0.717, 1.165) is 17.7 Å². The standard InChI is InChI=1S/C21H24N2O2/c1-15(2)20(22-19(24)14-16-8-4-3-5-9-16)21(25)23-13-12-17-10-6-7-11-18(17)23/h3-11,15,20H,12-14H2,1-2H3,(H,22,24). The normalized spacial score (nSPS) is 14.3. The lowest BCUT2D eigenvalue weighted by Crippen LogP contribution is -2.51. The number of carbonyl (C=O) groups is 2. The fourth-order valence-corrected chi connectivity index (χ4v) is 3.25. The van der Waals surface area contributed by atoms with E-state index in [1.807, 2.05) is 67.3 Å². The molecule has 25 heavy (non-hydrogen) atoms.